The molecule has 1 amide bonds. The number of rotatable bonds is 5. The fraction of sp³-hybridized carbons (Fsp3) is 0.429. The van der Waals surface area contributed by atoms with E-state index in [9.17, 15) is 9.59 Å². The third kappa shape index (κ3) is 4.34. The van der Waals surface area contributed by atoms with Crippen molar-refractivity contribution < 1.29 is 14.3 Å². The van der Waals surface area contributed by atoms with Crippen molar-refractivity contribution in [3.05, 3.63) is 47.2 Å². The zero-order chi connectivity index (χ0) is 19.5. The van der Waals surface area contributed by atoms with Crippen LogP contribution in [0.3, 0.4) is 0 Å². The van der Waals surface area contributed by atoms with Gasteiger partial charge in [-0.3, -0.25) is 4.79 Å². The van der Waals surface area contributed by atoms with Crippen LogP contribution in [0.1, 0.15) is 49.3 Å². The highest BCUT2D eigenvalue weighted by Gasteiger charge is 2.26. The van der Waals surface area contributed by atoms with Crippen molar-refractivity contribution >= 4 is 11.9 Å². The van der Waals surface area contributed by atoms with Gasteiger partial charge in [0, 0.05) is 11.2 Å². The molecule has 0 saturated heterocycles. The normalized spacial score (nSPS) is 11.3. The van der Waals surface area contributed by atoms with Gasteiger partial charge in [-0.2, -0.15) is 0 Å². The van der Waals surface area contributed by atoms with Gasteiger partial charge in [-0.25, -0.2) is 4.79 Å². The van der Waals surface area contributed by atoms with E-state index < -0.39 is 0 Å². The van der Waals surface area contributed by atoms with Crippen LogP contribution in [0, 0.1) is 13.8 Å². The molecule has 1 heterocycles. The summed E-state index contributed by atoms with van der Waals surface area (Å²) in [5.41, 5.74) is 3.63. The van der Waals surface area contributed by atoms with Crippen LogP contribution in [0.2, 0.25) is 0 Å². The number of esters is 1. The van der Waals surface area contributed by atoms with Gasteiger partial charge >= 0.3 is 5.97 Å². The molecule has 0 aliphatic heterocycles. The maximum atomic E-state index is 12.5. The lowest BCUT2D eigenvalue weighted by Crippen LogP contribution is -2.42. The molecular weight excluding hydrogens is 328 g/mol. The highest BCUT2D eigenvalue weighted by atomic mass is 16.5. The summed E-state index contributed by atoms with van der Waals surface area (Å²) in [6.07, 6.45) is 0. The second-order valence-electron chi connectivity index (χ2n) is 7.40. The van der Waals surface area contributed by atoms with Crippen LogP contribution in [-0.2, 0) is 16.1 Å². The van der Waals surface area contributed by atoms with Crippen LogP contribution in [0.15, 0.2) is 30.3 Å². The van der Waals surface area contributed by atoms with Crippen molar-refractivity contribution in [1.29, 1.82) is 0 Å². The van der Waals surface area contributed by atoms with E-state index in [1.54, 1.807) is 6.92 Å². The van der Waals surface area contributed by atoms with Gasteiger partial charge in [-0.1, -0.05) is 30.3 Å². The Morgan fingerprint density at radius 2 is 1.73 bits per heavy atom. The van der Waals surface area contributed by atoms with Gasteiger partial charge in [0.25, 0.3) is 0 Å². The Kier molecular flexibility index (Phi) is 5.90. The first kappa shape index (κ1) is 19.8. The van der Waals surface area contributed by atoms with Crippen molar-refractivity contribution in [2.45, 2.75) is 53.6 Å². The van der Waals surface area contributed by atoms with E-state index in [0.717, 1.165) is 22.5 Å². The molecule has 1 aromatic carbocycles. The molecular formula is C21H28N2O3. The second-order valence-corrected chi connectivity index (χ2v) is 7.40. The zero-order valence-electron chi connectivity index (χ0n) is 16.5. The summed E-state index contributed by atoms with van der Waals surface area (Å²) < 4.78 is 7.13. The highest BCUT2D eigenvalue weighted by Crippen LogP contribution is 2.31. The predicted octanol–water partition coefficient (Wildman–Crippen LogP) is 3.86. The van der Waals surface area contributed by atoms with Crippen molar-refractivity contribution in [2.75, 3.05) is 6.61 Å². The Morgan fingerprint density at radius 1 is 1.12 bits per heavy atom. The van der Waals surface area contributed by atoms with Crippen LogP contribution in [0.4, 0.5) is 0 Å². The van der Waals surface area contributed by atoms with Gasteiger partial charge in [-0.05, 0) is 52.7 Å². The van der Waals surface area contributed by atoms with Gasteiger partial charge in [0.2, 0.25) is 5.91 Å². The zero-order valence-corrected chi connectivity index (χ0v) is 16.5. The molecule has 0 aliphatic carbocycles. The summed E-state index contributed by atoms with van der Waals surface area (Å²) in [5, 5.41) is 2.98. The Labute approximate surface area is 155 Å². The van der Waals surface area contributed by atoms with Crippen LogP contribution >= 0.6 is 0 Å². The molecule has 2 aromatic rings. The molecule has 0 atom stereocenters. The lowest BCUT2D eigenvalue weighted by atomic mass is 10.1. The van der Waals surface area contributed by atoms with E-state index in [-0.39, 0.29) is 24.0 Å². The minimum absolute atomic E-state index is 0.0943. The standard InChI is InChI=1S/C21H28N2O3/c1-7-26-20(25)18-14(2)19(16-11-9-8-10-12-16)23(15(18)3)13-17(24)22-21(4,5)6/h8-12H,7,13H2,1-6H3,(H,22,24). The molecule has 1 aromatic heterocycles. The first-order valence-electron chi connectivity index (χ1n) is 8.89. The third-order valence-corrected chi connectivity index (χ3v) is 4.11. The Balaban J connectivity index is 2.56. The molecule has 0 radical (unpaired) electrons. The lowest BCUT2D eigenvalue weighted by molar-refractivity contribution is -0.123. The fourth-order valence-corrected chi connectivity index (χ4v) is 3.17. The van der Waals surface area contributed by atoms with Gasteiger partial charge in [0.05, 0.1) is 17.9 Å². The largest absolute Gasteiger partial charge is 0.462 e. The number of hydrogen-bond donors (Lipinski definition) is 1. The minimum Gasteiger partial charge on any atom is -0.462 e. The molecule has 0 bridgehead atoms. The summed E-state index contributed by atoms with van der Waals surface area (Å²) in [7, 11) is 0. The van der Waals surface area contributed by atoms with Crippen LogP contribution in [0.25, 0.3) is 11.3 Å². The molecule has 26 heavy (non-hydrogen) atoms. The van der Waals surface area contributed by atoms with E-state index in [2.05, 4.69) is 5.32 Å². The van der Waals surface area contributed by atoms with Crippen molar-refractivity contribution in [3.8, 4) is 11.3 Å². The molecule has 140 valence electrons. The summed E-state index contributed by atoms with van der Waals surface area (Å²) in [5.74, 6) is -0.446. The molecule has 2 rings (SSSR count). The Morgan fingerprint density at radius 3 is 2.27 bits per heavy atom. The number of nitrogens with one attached hydrogen (secondary N) is 1. The third-order valence-electron chi connectivity index (χ3n) is 4.11. The van der Waals surface area contributed by atoms with E-state index in [4.69, 9.17) is 4.74 Å². The maximum Gasteiger partial charge on any atom is 0.340 e. The summed E-state index contributed by atoms with van der Waals surface area (Å²) in [4.78, 5) is 25.0. The van der Waals surface area contributed by atoms with Crippen LogP contribution in [-0.4, -0.2) is 28.6 Å². The quantitative estimate of drug-likeness (QED) is 0.828. The lowest BCUT2D eigenvalue weighted by Gasteiger charge is -2.22. The SMILES string of the molecule is CCOC(=O)c1c(C)c(-c2ccccc2)n(CC(=O)NC(C)(C)C)c1C. The van der Waals surface area contributed by atoms with E-state index in [1.807, 2.05) is 69.5 Å². The number of carbonyl (C=O) groups is 2. The van der Waals surface area contributed by atoms with Crippen molar-refractivity contribution in [2.24, 2.45) is 0 Å². The first-order chi connectivity index (χ1) is 12.2. The average molecular weight is 356 g/mol. The van der Waals surface area contributed by atoms with Crippen LogP contribution in [0.5, 0.6) is 0 Å². The first-order valence-corrected chi connectivity index (χ1v) is 8.89. The molecule has 0 fully saturated rings. The van der Waals surface area contributed by atoms with Gasteiger partial charge in [0.1, 0.15) is 6.54 Å². The average Bonchev–Trinajstić information content (AvgIpc) is 2.77. The van der Waals surface area contributed by atoms with Gasteiger partial charge < -0.3 is 14.6 Å². The van der Waals surface area contributed by atoms with Crippen molar-refractivity contribution in [1.82, 2.24) is 9.88 Å². The molecule has 0 saturated carbocycles. The molecule has 0 aliphatic rings. The topological polar surface area (TPSA) is 60.3 Å². The molecule has 0 spiro atoms. The number of hydrogen-bond acceptors (Lipinski definition) is 3. The number of aromatic nitrogens is 1. The van der Waals surface area contributed by atoms with Crippen molar-refractivity contribution in [3.63, 3.8) is 0 Å². The predicted molar refractivity (Wildman–Crippen MR) is 103 cm³/mol. The monoisotopic (exact) mass is 356 g/mol. The van der Waals surface area contributed by atoms with Gasteiger partial charge in [-0.15, -0.1) is 0 Å². The van der Waals surface area contributed by atoms with Crippen LogP contribution < -0.4 is 5.32 Å². The summed E-state index contributed by atoms with van der Waals surface area (Å²) >= 11 is 0. The number of nitrogens with zero attached hydrogens (tertiary/aromatic N) is 1. The van der Waals surface area contributed by atoms with E-state index >= 15 is 0 Å². The molecule has 1 N–H and O–H groups in total. The van der Waals surface area contributed by atoms with E-state index in [0.29, 0.717) is 12.2 Å². The second kappa shape index (κ2) is 7.77. The Hall–Kier alpha value is -2.56. The molecule has 5 heteroatoms. The summed E-state index contributed by atoms with van der Waals surface area (Å²) in [6.45, 7) is 11.8. The highest BCUT2D eigenvalue weighted by molar-refractivity contribution is 5.95. The minimum atomic E-state index is -0.352. The van der Waals surface area contributed by atoms with Gasteiger partial charge in [0.15, 0.2) is 0 Å². The fourth-order valence-electron chi connectivity index (χ4n) is 3.17. The number of amides is 1. The van der Waals surface area contributed by atoms with E-state index in [1.165, 1.54) is 0 Å². The Bertz CT molecular complexity index is 799. The maximum absolute atomic E-state index is 12.5. The summed E-state index contributed by atoms with van der Waals surface area (Å²) in [6, 6.07) is 9.79. The molecule has 0 unspecified atom stereocenters. The number of benzene rings is 1. The number of carbonyl (C=O) groups excluding carboxylic acids is 2. The molecule has 5 nitrogen and oxygen atoms in total. The number of ether oxygens (including phenoxy) is 1. The smallest absolute Gasteiger partial charge is 0.340 e.